The third-order valence-corrected chi connectivity index (χ3v) is 3.23. The van der Waals surface area contributed by atoms with Crippen molar-refractivity contribution in [3.63, 3.8) is 0 Å². The first kappa shape index (κ1) is 12.8. The lowest BCUT2D eigenvalue weighted by Crippen LogP contribution is -2.01. The van der Waals surface area contributed by atoms with E-state index in [2.05, 4.69) is 16.2 Å². The molecular formula is C15H10N4O2. The van der Waals surface area contributed by atoms with Gasteiger partial charge in [-0.25, -0.2) is 9.48 Å². The Morgan fingerprint density at radius 2 is 2.14 bits per heavy atom. The van der Waals surface area contributed by atoms with Crippen molar-refractivity contribution < 1.29 is 9.90 Å². The predicted molar refractivity (Wildman–Crippen MR) is 75.3 cm³/mol. The third-order valence-electron chi connectivity index (χ3n) is 3.23. The summed E-state index contributed by atoms with van der Waals surface area (Å²) in [6.07, 6.45) is 2.88. The molecule has 0 aliphatic heterocycles. The molecule has 1 N–H and O–H groups in total. The molecule has 3 rings (SSSR count). The molecule has 0 spiro atoms. The van der Waals surface area contributed by atoms with Gasteiger partial charge in [0.15, 0.2) is 0 Å². The summed E-state index contributed by atoms with van der Waals surface area (Å²) in [7, 11) is 0. The first-order valence-corrected chi connectivity index (χ1v) is 6.19. The molecule has 0 amide bonds. The standard InChI is InChI=1S/C15H10N4O2/c1-9-12(15(20)21)8-19(18-9)14-10(6-16)7-17-13-5-3-2-4-11(13)14/h2-5,7-8H,1H3,(H,20,21). The van der Waals surface area contributed by atoms with Crippen molar-refractivity contribution in [2.24, 2.45) is 0 Å². The summed E-state index contributed by atoms with van der Waals surface area (Å²) >= 11 is 0. The molecule has 0 saturated carbocycles. The van der Waals surface area contributed by atoms with Crippen LogP contribution in [0, 0.1) is 18.3 Å². The molecule has 2 aromatic heterocycles. The monoisotopic (exact) mass is 278 g/mol. The van der Waals surface area contributed by atoms with Crippen LogP contribution in [0.2, 0.25) is 0 Å². The number of pyridine rings is 1. The normalized spacial score (nSPS) is 10.5. The highest BCUT2D eigenvalue weighted by molar-refractivity contribution is 5.91. The van der Waals surface area contributed by atoms with Gasteiger partial charge >= 0.3 is 5.97 Å². The van der Waals surface area contributed by atoms with E-state index in [9.17, 15) is 10.1 Å². The van der Waals surface area contributed by atoms with Crippen molar-refractivity contribution in [3.8, 4) is 11.8 Å². The number of carboxylic acid groups (broad SMARTS) is 1. The van der Waals surface area contributed by atoms with E-state index in [4.69, 9.17) is 5.11 Å². The van der Waals surface area contributed by atoms with Gasteiger partial charge in [-0.05, 0) is 13.0 Å². The number of carboxylic acids is 1. The molecule has 21 heavy (non-hydrogen) atoms. The van der Waals surface area contributed by atoms with Crippen molar-refractivity contribution in [3.05, 3.63) is 53.5 Å². The van der Waals surface area contributed by atoms with Gasteiger partial charge in [0.05, 0.1) is 22.5 Å². The largest absolute Gasteiger partial charge is 0.478 e. The quantitative estimate of drug-likeness (QED) is 0.776. The predicted octanol–water partition coefficient (Wildman–Crippen LogP) is 2.30. The summed E-state index contributed by atoms with van der Waals surface area (Å²) in [5, 5.41) is 23.4. The number of benzene rings is 1. The fraction of sp³-hybridized carbons (Fsp3) is 0.0667. The van der Waals surface area contributed by atoms with Crippen LogP contribution < -0.4 is 0 Å². The lowest BCUT2D eigenvalue weighted by Gasteiger charge is -2.07. The van der Waals surface area contributed by atoms with E-state index in [0.717, 1.165) is 10.9 Å². The van der Waals surface area contributed by atoms with Crippen LogP contribution in [-0.2, 0) is 0 Å². The van der Waals surface area contributed by atoms with Gasteiger partial charge in [0, 0.05) is 17.8 Å². The van der Waals surface area contributed by atoms with Crippen LogP contribution in [0.3, 0.4) is 0 Å². The van der Waals surface area contributed by atoms with E-state index in [1.807, 2.05) is 24.3 Å². The summed E-state index contributed by atoms with van der Waals surface area (Å²) in [4.78, 5) is 15.4. The molecular weight excluding hydrogens is 268 g/mol. The maximum Gasteiger partial charge on any atom is 0.339 e. The lowest BCUT2D eigenvalue weighted by atomic mass is 10.1. The molecule has 0 saturated heterocycles. The van der Waals surface area contributed by atoms with E-state index >= 15 is 0 Å². The minimum atomic E-state index is -1.05. The van der Waals surface area contributed by atoms with Crippen LogP contribution in [0.1, 0.15) is 21.6 Å². The van der Waals surface area contributed by atoms with Crippen molar-refractivity contribution in [1.29, 1.82) is 5.26 Å². The zero-order chi connectivity index (χ0) is 15.0. The summed E-state index contributed by atoms with van der Waals surface area (Å²) in [6, 6.07) is 9.42. The second kappa shape index (κ2) is 4.72. The van der Waals surface area contributed by atoms with Gasteiger partial charge in [-0.2, -0.15) is 10.4 Å². The number of hydrogen-bond acceptors (Lipinski definition) is 4. The van der Waals surface area contributed by atoms with E-state index in [1.54, 1.807) is 6.92 Å². The minimum absolute atomic E-state index is 0.111. The van der Waals surface area contributed by atoms with Gasteiger partial charge in [-0.15, -0.1) is 0 Å². The number of nitriles is 1. The highest BCUT2D eigenvalue weighted by atomic mass is 16.4. The molecule has 0 atom stereocenters. The second-order valence-electron chi connectivity index (χ2n) is 4.53. The van der Waals surface area contributed by atoms with E-state index in [1.165, 1.54) is 17.1 Å². The van der Waals surface area contributed by atoms with Crippen molar-refractivity contribution in [2.45, 2.75) is 6.92 Å². The third kappa shape index (κ3) is 2.01. The van der Waals surface area contributed by atoms with Gasteiger partial charge in [0.1, 0.15) is 11.6 Å². The Bertz CT molecular complexity index is 906. The Morgan fingerprint density at radius 1 is 1.38 bits per heavy atom. The number of para-hydroxylation sites is 1. The molecule has 1 aromatic carbocycles. The number of aromatic carboxylic acids is 1. The minimum Gasteiger partial charge on any atom is -0.478 e. The topological polar surface area (TPSA) is 91.8 Å². The van der Waals surface area contributed by atoms with E-state index in [0.29, 0.717) is 16.9 Å². The van der Waals surface area contributed by atoms with Crippen LogP contribution in [0.4, 0.5) is 0 Å². The highest BCUT2D eigenvalue weighted by Crippen LogP contribution is 2.24. The fourth-order valence-electron chi connectivity index (χ4n) is 2.24. The van der Waals surface area contributed by atoms with Gasteiger partial charge in [-0.1, -0.05) is 18.2 Å². The van der Waals surface area contributed by atoms with E-state index in [-0.39, 0.29) is 5.56 Å². The molecule has 3 aromatic rings. The highest BCUT2D eigenvalue weighted by Gasteiger charge is 2.16. The Morgan fingerprint density at radius 3 is 2.81 bits per heavy atom. The molecule has 0 fully saturated rings. The number of rotatable bonds is 2. The zero-order valence-electron chi connectivity index (χ0n) is 11.1. The van der Waals surface area contributed by atoms with Crippen LogP contribution >= 0.6 is 0 Å². The number of hydrogen-bond donors (Lipinski definition) is 1. The molecule has 0 aliphatic carbocycles. The van der Waals surface area contributed by atoms with Crippen LogP contribution in [0.25, 0.3) is 16.6 Å². The lowest BCUT2D eigenvalue weighted by molar-refractivity contribution is 0.0696. The second-order valence-corrected chi connectivity index (χ2v) is 4.53. The summed E-state index contributed by atoms with van der Waals surface area (Å²) in [5.41, 5.74) is 2.11. The Labute approximate surface area is 119 Å². The van der Waals surface area contributed by atoms with Crippen molar-refractivity contribution in [2.75, 3.05) is 0 Å². The molecule has 0 radical (unpaired) electrons. The van der Waals surface area contributed by atoms with Gasteiger partial charge in [0.25, 0.3) is 0 Å². The number of nitrogens with zero attached hydrogens (tertiary/aromatic N) is 4. The Balaban J connectivity index is 2.36. The molecule has 2 heterocycles. The van der Waals surface area contributed by atoms with Crippen molar-refractivity contribution in [1.82, 2.24) is 14.8 Å². The number of fused-ring (bicyclic) bond motifs is 1. The van der Waals surface area contributed by atoms with Gasteiger partial charge in [-0.3, -0.25) is 4.98 Å². The smallest absolute Gasteiger partial charge is 0.339 e. The fourth-order valence-corrected chi connectivity index (χ4v) is 2.24. The first-order valence-electron chi connectivity index (χ1n) is 6.19. The van der Waals surface area contributed by atoms with Crippen LogP contribution in [0.5, 0.6) is 0 Å². The Hall–Kier alpha value is -3.20. The van der Waals surface area contributed by atoms with Crippen LogP contribution in [-0.4, -0.2) is 25.8 Å². The van der Waals surface area contributed by atoms with Crippen LogP contribution in [0.15, 0.2) is 36.7 Å². The maximum atomic E-state index is 11.2. The van der Waals surface area contributed by atoms with Gasteiger partial charge < -0.3 is 5.11 Å². The summed E-state index contributed by atoms with van der Waals surface area (Å²) in [6.45, 7) is 1.62. The van der Waals surface area contributed by atoms with E-state index < -0.39 is 5.97 Å². The number of aromatic nitrogens is 3. The maximum absolute atomic E-state index is 11.2. The molecule has 0 aliphatic rings. The molecule has 0 unspecified atom stereocenters. The molecule has 6 nitrogen and oxygen atoms in total. The Kier molecular flexibility index (Phi) is 2.88. The first-order chi connectivity index (χ1) is 10.1. The average Bonchev–Trinajstić information content (AvgIpc) is 2.87. The number of carbonyl (C=O) groups is 1. The number of aryl methyl sites for hydroxylation is 1. The SMILES string of the molecule is Cc1nn(-c2c(C#N)cnc3ccccc23)cc1C(=O)O. The summed E-state index contributed by atoms with van der Waals surface area (Å²) in [5.74, 6) is -1.05. The molecule has 0 bridgehead atoms. The molecule has 6 heteroatoms. The van der Waals surface area contributed by atoms with Crippen molar-refractivity contribution >= 4 is 16.9 Å². The average molecular weight is 278 g/mol. The van der Waals surface area contributed by atoms with Gasteiger partial charge in [0.2, 0.25) is 0 Å². The molecule has 102 valence electrons. The summed E-state index contributed by atoms with van der Waals surface area (Å²) < 4.78 is 1.43. The zero-order valence-corrected chi connectivity index (χ0v) is 11.1.